The van der Waals surface area contributed by atoms with E-state index >= 15 is 0 Å². The molecule has 0 radical (unpaired) electrons. The zero-order valence-electron chi connectivity index (χ0n) is 12.5. The number of rotatable bonds is 3. The molecule has 0 bridgehead atoms. The third-order valence-corrected chi connectivity index (χ3v) is 2.36. The second kappa shape index (κ2) is 9.61. The van der Waals surface area contributed by atoms with E-state index in [-0.39, 0.29) is 12.4 Å². The van der Waals surface area contributed by atoms with Crippen LogP contribution >= 0.6 is 11.6 Å². The summed E-state index contributed by atoms with van der Waals surface area (Å²) < 4.78 is 4.93. The van der Waals surface area contributed by atoms with Gasteiger partial charge in [-0.3, -0.25) is 0 Å². The fourth-order valence-electron chi connectivity index (χ4n) is 1.10. The quantitative estimate of drug-likeness (QED) is 0.843. The van der Waals surface area contributed by atoms with Crippen molar-refractivity contribution in [3.8, 4) is 0 Å². The maximum Gasteiger partial charge on any atom is 0.407 e. The second-order valence-corrected chi connectivity index (χ2v) is 5.65. The van der Waals surface area contributed by atoms with Crippen molar-refractivity contribution in [1.29, 1.82) is 0 Å². The van der Waals surface area contributed by atoms with Gasteiger partial charge in [-0.25, -0.2) is 4.79 Å². The van der Waals surface area contributed by atoms with Crippen molar-refractivity contribution in [2.75, 3.05) is 12.4 Å². The summed E-state index contributed by atoms with van der Waals surface area (Å²) in [5.74, 6) is 0.0931. The predicted molar refractivity (Wildman–Crippen MR) is 82.1 cm³/mol. The number of amides is 1. The number of aryl methyl sites for hydroxylation is 1. The minimum Gasteiger partial charge on any atom is -0.444 e. The Hall–Kier alpha value is -1.26. The summed E-state index contributed by atoms with van der Waals surface area (Å²) in [6.07, 6.45) is -1.27. The van der Waals surface area contributed by atoms with Gasteiger partial charge in [0.25, 0.3) is 0 Å². The molecule has 4 nitrogen and oxygen atoms in total. The van der Waals surface area contributed by atoms with E-state index in [1.807, 2.05) is 18.2 Å². The van der Waals surface area contributed by atoms with Crippen LogP contribution in [0.3, 0.4) is 0 Å². The van der Waals surface area contributed by atoms with Crippen LogP contribution in [0.1, 0.15) is 26.3 Å². The lowest BCUT2D eigenvalue weighted by atomic mass is 10.2. The van der Waals surface area contributed by atoms with E-state index in [0.29, 0.717) is 0 Å². The van der Waals surface area contributed by atoms with Crippen LogP contribution in [-0.2, 0) is 4.74 Å². The number of halogens is 1. The van der Waals surface area contributed by atoms with Gasteiger partial charge >= 0.3 is 6.09 Å². The highest BCUT2D eigenvalue weighted by atomic mass is 35.5. The minimum atomic E-state index is -0.728. The Bertz CT molecular complexity index is 376. The van der Waals surface area contributed by atoms with Gasteiger partial charge in [0, 0.05) is 6.54 Å². The Labute approximate surface area is 126 Å². The number of alkyl halides is 1. The topological polar surface area (TPSA) is 58.6 Å². The van der Waals surface area contributed by atoms with Gasteiger partial charge < -0.3 is 15.2 Å². The molecule has 1 aromatic rings. The van der Waals surface area contributed by atoms with Gasteiger partial charge in [-0.1, -0.05) is 35.9 Å². The molecule has 0 fully saturated rings. The lowest BCUT2D eigenvalue weighted by molar-refractivity contribution is 0.0499. The highest BCUT2D eigenvalue weighted by Crippen LogP contribution is 2.06. The lowest BCUT2D eigenvalue weighted by Crippen LogP contribution is -2.37. The maximum atomic E-state index is 11.0. The molecule has 0 heterocycles. The number of hydrogen-bond donors (Lipinski definition) is 2. The van der Waals surface area contributed by atoms with E-state index in [9.17, 15) is 4.79 Å². The SMILES string of the molecule is CC(C)(C)OC(=O)NCC(O)CCl.Cc1ccccc1. The summed E-state index contributed by atoms with van der Waals surface area (Å²) in [6, 6.07) is 10.3. The summed E-state index contributed by atoms with van der Waals surface area (Å²) in [4.78, 5) is 11.0. The monoisotopic (exact) mass is 301 g/mol. The second-order valence-electron chi connectivity index (χ2n) is 5.35. The molecule has 0 spiro atoms. The first-order chi connectivity index (χ1) is 9.24. The van der Waals surface area contributed by atoms with Crippen LogP contribution in [0.4, 0.5) is 4.79 Å². The number of alkyl carbamates (subject to hydrolysis) is 1. The average molecular weight is 302 g/mol. The molecular weight excluding hydrogens is 278 g/mol. The Morgan fingerprint density at radius 2 is 1.90 bits per heavy atom. The molecule has 0 aliphatic heterocycles. The smallest absolute Gasteiger partial charge is 0.407 e. The molecule has 5 heteroatoms. The zero-order valence-corrected chi connectivity index (χ0v) is 13.3. The van der Waals surface area contributed by atoms with E-state index < -0.39 is 17.8 Å². The van der Waals surface area contributed by atoms with Gasteiger partial charge in [-0.2, -0.15) is 0 Å². The maximum absolute atomic E-state index is 11.0. The molecule has 1 amide bonds. The van der Waals surface area contributed by atoms with Crippen molar-refractivity contribution in [3.05, 3.63) is 35.9 Å². The fourth-order valence-corrected chi connectivity index (χ4v) is 1.21. The molecule has 1 atom stereocenters. The molecule has 2 N–H and O–H groups in total. The van der Waals surface area contributed by atoms with Gasteiger partial charge in [0.2, 0.25) is 0 Å². The van der Waals surface area contributed by atoms with Crippen molar-refractivity contribution in [2.45, 2.75) is 39.4 Å². The molecule has 114 valence electrons. The third kappa shape index (κ3) is 11.8. The van der Waals surface area contributed by atoms with Crippen molar-refractivity contribution in [1.82, 2.24) is 5.32 Å². The molecule has 1 aromatic carbocycles. The number of benzene rings is 1. The Morgan fingerprint density at radius 1 is 1.35 bits per heavy atom. The molecule has 20 heavy (non-hydrogen) atoms. The van der Waals surface area contributed by atoms with Crippen LogP contribution < -0.4 is 5.32 Å². The molecule has 0 aromatic heterocycles. The Balaban J connectivity index is 0.000000428. The molecular formula is C15H24ClNO3. The van der Waals surface area contributed by atoms with Crippen LogP contribution in [-0.4, -0.2) is 35.3 Å². The first kappa shape index (κ1) is 18.7. The average Bonchev–Trinajstić information content (AvgIpc) is 2.35. The van der Waals surface area contributed by atoms with Crippen LogP contribution in [0.5, 0.6) is 0 Å². The van der Waals surface area contributed by atoms with Gasteiger partial charge in [-0.15, -0.1) is 11.6 Å². The first-order valence-electron chi connectivity index (χ1n) is 6.47. The summed E-state index contributed by atoms with van der Waals surface area (Å²) >= 11 is 5.33. The number of hydrogen-bond acceptors (Lipinski definition) is 3. The summed E-state index contributed by atoms with van der Waals surface area (Å²) in [7, 11) is 0. The number of aliphatic hydroxyl groups is 1. The summed E-state index contributed by atoms with van der Waals surface area (Å²) in [5.41, 5.74) is 0.804. The van der Waals surface area contributed by atoms with Crippen LogP contribution in [0.25, 0.3) is 0 Å². The van der Waals surface area contributed by atoms with E-state index in [4.69, 9.17) is 21.4 Å². The van der Waals surface area contributed by atoms with Gasteiger partial charge in [0.15, 0.2) is 0 Å². The number of aliphatic hydroxyl groups excluding tert-OH is 1. The number of ether oxygens (including phenoxy) is 1. The Morgan fingerprint density at radius 3 is 2.25 bits per heavy atom. The van der Waals surface area contributed by atoms with E-state index in [1.54, 1.807) is 20.8 Å². The van der Waals surface area contributed by atoms with Crippen molar-refractivity contribution in [3.63, 3.8) is 0 Å². The number of carbonyl (C=O) groups excluding carboxylic acids is 1. The van der Waals surface area contributed by atoms with E-state index in [1.165, 1.54) is 5.56 Å². The third-order valence-electron chi connectivity index (χ3n) is 2.00. The molecule has 0 aliphatic rings. The lowest BCUT2D eigenvalue weighted by Gasteiger charge is -2.20. The Kier molecular flexibility index (Phi) is 9.01. The van der Waals surface area contributed by atoms with E-state index in [2.05, 4.69) is 24.4 Å². The molecule has 0 saturated heterocycles. The van der Waals surface area contributed by atoms with Crippen LogP contribution in [0.2, 0.25) is 0 Å². The predicted octanol–water partition coefficient (Wildman–Crippen LogP) is 3.11. The highest BCUT2D eigenvalue weighted by molar-refractivity contribution is 6.18. The largest absolute Gasteiger partial charge is 0.444 e. The van der Waals surface area contributed by atoms with Crippen molar-refractivity contribution in [2.24, 2.45) is 0 Å². The number of carbonyl (C=O) groups is 1. The zero-order chi connectivity index (χ0) is 15.6. The standard InChI is InChI=1S/C8H16ClNO3.C7H8/c1-8(2,3)13-7(12)10-5-6(11)4-9;1-7-5-3-2-4-6-7/h6,11H,4-5H2,1-3H3,(H,10,12);2-6H,1H3. The minimum absolute atomic E-state index is 0.0931. The van der Waals surface area contributed by atoms with E-state index in [0.717, 1.165) is 0 Å². The normalized spacial score (nSPS) is 11.9. The molecule has 1 rings (SSSR count). The van der Waals surface area contributed by atoms with Crippen LogP contribution in [0, 0.1) is 6.92 Å². The molecule has 0 aliphatic carbocycles. The van der Waals surface area contributed by atoms with Crippen molar-refractivity contribution < 1.29 is 14.6 Å². The fraction of sp³-hybridized carbons (Fsp3) is 0.533. The first-order valence-corrected chi connectivity index (χ1v) is 7.00. The van der Waals surface area contributed by atoms with Gasteiger partial charge in [0.05, 0.1) is 12.0 Å². The van der Waals surface area contributed by atoms with Crippen LogP contribution in [0.15, 0.2) is 30.3 Å². The number of nitrogens with one attached hydrogen (secondary N) is 1. The summed E-state index contributed by atoms with van der Waals surface area (Å²) in [6.45, 7) is 7.50. The summed E-state index contributed by atoms with van der Waals surface area (Å²) in [5, 5.41) is 11.4. The highest BCUT2D eigenvalue weighted by Gasteiger charge is 2.16. The molecule has 0 saturated carbocycles. The van der Waals surface area contributed by atoms with Gasteiger partial charge in [-0.05, 0) is 27.7 Å². The van der Waals surface area contributed by atoms with Gasteiger partial charge in [0.1, 0.15) is 5.60 Å². The molecule has 1 unspecified atom stereocenters. The van der Waals surface area contributed by atoms with Crippen molar-refractivity contribution >= 4 is 17.7 Å².